The standard InChI is InChI=1S/C26H28N4O5/c1-18(2)17-25(31)29-15-13-28(14-16-29)20-9-7-19(8-10-20)27-26(32)24-12-11-23(35-24)21-5-3-4-6-22(21)30(33)34/h3-12,18H,13-17H2,1-2H3,(H,27,32). The van der Waals surface area contributed by atoms with E-state index in [0.29, 0.717) is 36.7 Å². The van der Waals surface area contributed by atoms with Crippen molar-refractivity contribution in [1.29, 1.82) is 0 Å². The predicted octanol–water partition coefficient (Wildman–Crippen LogP) is 4.80. The van der Waals surface area contributed by atoms with Gasteiger partial charge in [-0.2, -0.15) is 0 Å². The van der Waals surface area contributed by atoms with Crippen LogP contribution < -0.4 is 10.2 Å². The lowest BCUT2D eigenvalue weighted by Crippen LogP contribution is -2.49. The van der Waals surface area contributed by atoms with Crippen LogP contribution in [0, 0.1) is 16.0 Å². The number of anilines is 2. The molecule has 9 heteroatoms. The van der Waals surface area contributed by atoms with E-state index in [1.54, 1.807) is 24.3 Å². The van der Waals surface area contributed by atoms with Crippen molar-refractivity contribution in [2.24, 2.45) is 5.92 Å². The molecular weight excluding hydrogens is 448 g/mol. The Bertz CT molecular complexity index is 1210. The number of piperazine rings is 1. The summed E-state index contributed by atoms with van der Waals surface area (Å²) in [6.45, 7) is 7.02. The molecule has 0 bridgehead atoms. The number of amides is 2. The van der Waals surface area contributed by atoms with Crippen molar-refractivity contribution in [2.45, 2.75) is 20.3 Å². The van der Waals surface area contributed by atoms with Crippen LogP contribution in [-0.2, 0) is 4.79 Å². The Morgan fingerprint density at radius 3 is 2.34 bits per heavy atom. The van der Waals surface area contributed by atoms with Crippen LogP contribution in [0.15, 0.2) is 65.1 Å². The molecule has 3 aromatic rings. The minimum absolute atomic E-state index is 0.0596. The fourth-order valence-electron chi connectivity index (χ4n) is 4.09. The molecule has 2 heterocycles. The minimum Gasteiger partial charge on any atom is -0.451 e. The average molecular weight is 477 g/mol. The summed E-state index contributed by atoms with van der Waals surface area (Å²) in [7, 11) is 0. The maximum Gasteiger partial charge on any atom is 0.291 e. The van der Waals surface area contributed by atoms with Crippen LogP contribution in [0.3, 0.4) is 0 Å². The van der Waals surface area contributed by atoms with Crippen molar-refractivity contribution in [2.75, 3.05) is 36.4 Å². The molecule has 0 atom stereocenters. The van der Waals surface area contributed by atoms with E-state index in [1.165, 1.54) is 12.1 Å². The van der Waals surface area contributed by atoms with Crippen molar-refractivity contribution >= 4 is 28.9 Å². The Morgan fingerprint density at radius 1 is 1.00 bits per heavy atom. The van der Waals surface area contributed by atoms with Gasteiger partial charge in [0, 0.05) is 50.0 Å². The first-order chi connectivity index (χ1) is 16.8. The molecule has 2 aromatic carbocycles. The lowest BCUT2D eigenvalue weighted by molar-refractivity contribution is -0.384. The van der Waals surface area contributed by atoms with Crippen molar-refractivity contribution in [3.05, 3.63) is 76.5 Å². The van der Waals surface area contributed by atoms with E-state index in [-0.39, 0.29) is 23.1 Å². The van der Waals surface area contributed by atoms with Crippen LogP contribution in [0.25, 0.3) is 11.3 Å². The fourth-order valence-corrected chi connectivity index (χ4v) is 4.09. The molecule has 4 rings (SSSR count). The molecular formula is C26H28N4O5. The molecule has 2 amide bonds. The highest BCUT2D eigenvalue weighted by molar-refractivity contribution is 6.02. The van der Waals surface area contributed by atoms with Gasteiger partial charge < -0.3 is 19.5 Å². The van der Waals surface area contributed by atoms with E-state index in [1.807, 2.05) is 29.2 Å². The molecule has 182 valence electrons. The van der Waals surface area contributed by atoms with Crippen LogP contribution in [0.1, 0.15) is 30.8 Å². The van der Waals surface area contributed by atoms with E-state index < -0.39 is 10.8 Å². The maximum atomic E-state index is 12.7. The summed E-state index contributed by atoms with van der Waals surface area (Å²) < 4.78 is 5.61. The highest BCUT2D eigenvalue weighted by Crippen LogP contribution is 2.31. The number of carbonyl (C=O) groups is 2. The number of nitrogens with one attached hydrogen (secondary N) is 1. The summed E-state index contributed by atoms with van der Waals surface area (Å²) >= 11 is 0. The Hall–Kier alpha value is -4.14. The smallest absolute Gasteiger partial charge is 0.291 e. The molecule has 9 nitrogen and oxygen atoms in total. The van der Waals surface area contributed by atoms with Crippen LogP contribution in [0.5, 0.6) is 0 Å². The Labute approximate surface area is 203 Å². The molecule has 1 saturated heterocycles. The van der Waals surface area contributed by atoms with Gasteiger partial charge in [-0.3, -0.25) is 19.7 Å². The van der Waals surface area contributed by atoms with Crippen molar-refractivity contribution in [3.8, 4) is 11.3 Å². The quantitative estimate of drug-likeness (QED) is 0.387. The van der Waals surface area contributed by atoms with Gasteiger partial charge in [0.1, 0.15) is 5.76 Å². The fraction of sp³-hybridized carbons (Fsp3) is 0.308. The number of benzene rings is 2. The summed E-state index contributed by atoms with van der Waals surface area (Å²) in [4.78, 5) is 39.9. The first-order valence-corrected chi connectivity index (χ1v) is 11.6. The summed E-state index contributed by atoms with van der Waals surface area (Å²) in [5.41, 5.74) is 1.85. The lowest BCUT2D eigenvalue weighted by Gasteiger charge is -2.36. The van der Waals surface area contributed by atoms with Gasteiger partial charge >= 0.3 is 0 Å². The number of nitro groups is 1. The number of furan rings is 1. The second-order valence-electron chi connectivity index (χ2n) is 8.90. The monoisotopic (exact) mass is 476 g/mol. The van der Waals surface area contributed by atoms with Gasteiger partial charge in [-0.15, -0.1) is 0 Å². The second kappa shape index (κ2) is 10.4. The molecule has 1 aliphatic rings. The van der Waals surface area contributed by atoms with E-state index in [2.05, 4.69) is 24.1 Å². The van der Waals surface area contributed by atoms with Crippen LogP contribution in [0.2, 0.25) is 0 Å². The molecule has 0 radical (unpaired) electrons. The minimum atomic E-state index is -0.484. The van der Waals surface area contributed by atoms with Gasteiger partial charge in [-0.25, -0.2) is 0 Å². The molecule has 1 N–H and O–H groups in total. The predicted molar refractivity (Wildman–Crippen MR) is 133 cm³/mol. The van der Waals surface area contributed by atoms with Crippen molar-refractivity contribution in [1.82, 2.24) is 4.90 Å². The zero-order valence-electron chi connectivity index (χ0n) is 19.8. The van der Waals surface area contributed by atoms with Gasteiger partial charge in [-0.1, -0.05) is 26.0 Å². The zero-order chi connectivity index (χ0) is 24.9. The van der Waals surface area contributed by atoms with E-state index >= 15 is 0 Å². The number of nitro benzene ring substituents is 1. The SMILES string of the molecule is CC(C)CC(=O)N1CCN(c2ccc(NC(=O)c3ccc(-c4ccccc4[N+](=O)[O-])o3)cc2)CC1. The van der Waals surface area contributed by atoms with Crippen molar-refractivity contribution < 1.29 is 18.9 Å². The second-order valence-corrected chi connectivity index (χ2v) is 8.90. The normalized spacial score (nSPS) is 13.7. The molecule has 0 spiro atoms. The first kappa shape index (κ1) is 24.0. The number of carbonyl (C=O) groups excluding carboxylic acids is 2. The summed E-state index contributed by atoms with van der Waals surface area (Å²) in [6.07, 6.45) is 0.577. The third kappa shape index (κ3) is 5.68. The van der Waals surface area contributed by atoms with Gasteiger partial charge in [0.15, 0.2) is 5.76 Å². The topological polar surface area (TPSA) is 109 Å². The van der Waals surface area contributed by atoms with E-state index in [4.69, 9.17) is 4.42 Å². The zero-order valence-corrected chi connectivity index (χ0v) is 19.8. The summed E-state index contributed by atoms with van der Waals surface area (Å²) in [6, 6.07) is 16.8. The maximum absolute atomic E-state index is 12.7. The van der Waals surface area contributed by atoms with Crippen molar-refractivity contribution in [3.63, 3.8) is 0 Å². The average Bonchev–Trinajstić information content (AvgIpc) is 3.35. The van der Waals surface area contributed by atoms with Crippen LogP contribution in [-0.4, -0.2) is 47.8 Å². The number of hydrogen-bond donors (Lipinski definition) is 1. The molecule has 0 saturated carbocycles. The summed E-state index contributed by atoms with van der Waals surface area (Å²) in [5.74, 6) is 0.432. The molecule has 1 fully saturated rings. The molecule has 1 aromatic heterocycles. The van der Waals surface area contributed by atoms with Gasteiger partial charge in [0.25, 0.3) is 11.6 Å². The van der Waals surface area contributed by atoms with E-state index in [0.717, 1.165) is 18.8 Å². The highest BCUT2D eigenvalue weighted by atomic mass is 16.6. The van der Waals surface area contributed by atoms with E-state index in [9.17, 15) is 19.7 Å². The summed E-state index contributed by atoms with van der Waals surface area (Å²) in [5, 5.41) is 14.1. The molecule has 1 aliphatic heterocycles. The Kier molecular flexibility index (Phi) is 7.14. The number of para-hydroxylation sites is 1. The van der Waals surface area contributed by atoms with Gasteiger partial charge in [0.05, 0.1) is 10.5 Å². The first-order valence-electron chi connectivity index (χ1n) is 11.6. The Morgan fingerprint density at radius 2 is 1.69 bits per heavy atom. The Balaban J connectivity index is 1.36. The van der Waals surface area contributed by atoms with Crippen LogP contribution in [0.4, 0.5) is 17.1 Å². The number of rotatable bonds is 7. The third-order valence-corrected chi connectivity index (χ3v) is 5.90. The number of nitrogens with zero attached hydrogens (tertiary/aromatic N) is 3. The number of hydrogen-bond acceptors (Lipinski definition) is 6. The highest BCUT2D eigenvalue weighted by Gasteiger charge is 2.22. The van der Waals surface area contributed by atoms with Gasteiger partial charge in [0.2, 0.25) is 5.91 Å². The van der Waals surface area contributed by atoms with Crippen LogP contribution >= 0.6 is 0 Å². The molecule has 0 unspecified atom stereocenters. The third-order valence-electron chi connectivity index (χ3n) is 5.90. The largest absolute Gasteiger partial charge is 0.451 e. The lowest BCUT2D eigenvalue weighted by atomic mass is 10.1. The molecule has 35 heavy (non-hydrogen) atoms. The molecule has 0 aliphatic carbocycles. The van der Waals surface area contributed by atoms with Gasteiger partial charge in [-0.05, 0) is 48.4 Å².